The first-order valence-electron chi connectivity index (χ1n) is 10.2. The minimum atomic E-state index is -0.560. The highest BCUT2D eigenvalue weighted by molar-refractivity contribution is 5.85. The molecule has 0 aliphatic heterocycles. The normalized spacial score (nSPS) is 11.7. The monoisotopic (exact) mass is 401 g/mol. The van der Waals surface area contributed by atoms with Crippen LogP contribution in [0.5, 0.6) is 0 Å². The van der Waals surface area contributed by atoms with Crippen LogP contribution in [0.3, 0.4) is 0 Å². The van der Waals surface area contributed by atoms with Gasteiger partial charge in [-0.2, -0.15) is 0 Å². The Bertz CT molecular complexity index is 887. The molecular weight excluding hydrogens is 374 g/mol. The van der Waals surface area contributed by atoms with Crippen LogP contribution in [0.25, 0.3) is 0 Å². The number of hydrogen-bond donors (Lipinski definition) is 1. The van der Waals surface area contributed by atoms with Crippen molar-refractivity contribution in [2.75, 3.05) is 6.61 Å². The fourth-order valence-corrected chi connectivity index (χ4v) is 3.39. The molecule has 0 unspecified atom stereocenters. The lowest BCUT2D eigenvalue weighted by atomic mass is 9.91. The summed E-state index contributed by atoms with van der Waals surface area (Å²) in [7, 11) is 0. The highest BCUT2D eigenvalue weighted by Gasteiger charge is 2.25. The van der Waals surface area contributed by atoms with E-state index in [9.17, 15) is 9.59 Å². The summed E-state index contributed by atoms with van der Waals surface area (Å²) >= 11 is 0. The Morgan fingerprint density at radius 1 is 0.800 bits per heavy atom. The van der Waals surface area contributed by atoms with Gasteiger partial charge in [0.1, 0.15) is 5.92 Å². The van der Waals surface area contributed by atoms with Gasteiger partial charge in [0.25, 0.3) is 5.91 Å². The number of esters is 1. The van der Waals surface area contributed by atoms with E-state index in [0.717, 1.165) is 24.0 Å². The topological polar surface area (TPSA) is 55.4 Å². The van der Waals surface area contributed by atoms with E-state index in [1.165, 1.54) is 5.56 Å². The summed E-state index contributed by atoms with van der Waals surface area (Å²) in [6.45, 7) is 1.67. The van der Waals surface area contributed by atoms with Crippen molar-refractivity contribution >= 4 is 11.9 Å². The van der Waals surface area contributed by atoms with Crippen LogP contribution in [-0.4, -0.2) is 24.5 Å². The molecule has 0 aliphatic carbocycles. The minimum absolute atomic E-state index is 0.00421. The molecule has 1 atom stereocenters. The lowest BCUT2D eigenvalue weighted by molar-refractivity contribution is -0.149. The first-order valence-corrected chi connectivity index (χ1v) is 10.2. The standard InChI is InChI=1S/C26H27NO3/c1-20(17-18-21-11-5-2-6-12-21)27-24(28)19-30-26(29)25(22-13-7-3-8-14-22)23-15-9-4-10-16-23/h2-16,20,25H,17-19H2,1H3,(H,27,28)/t20-/m0/s1. The average molecular weight is 402 g/mol. The molecule has 0 saturated carbocycles. The highest BCUT2D eigenvalue weighted by Crippen LogP contribution is 2.25. The summed E-state index contributed by atoms with van der Waals surface area (Å²) in [5, 5.41) is 2.91. The molecule has 3 aromatic carbocycles. The minimum Gasteiger partial charge on any atom is -0.455 e. The second-order valence-electron chi connectivity index (χ2n) is 7.35. The van der Waals surface area contributed by atoms with Gasteiger partial charge in [-0.25, -0.2) is 0 Å². The lowest BCUT2D eigenvalue weighted by Gasteiger charge is -2.18. The summed E-state index contributed by atoms with van der Waals surface area (Å²) < 4.78 is 5.39. The molecule has 0 spiro atoms. The van der Waals surface area contributed by atoms with Crippen molar-refractivity contribution in [1.29, 1.82) is 0 Å². The maximum absolute atomic E-state index is 12.8. The molecule has 0 heterocycles. The lowest BCUT2D eigenvalue weighted by Crippen LogP contribution is -2.36. The number of nitrogens with one attached hydrogen (secondary N) is 1. The molecular formula is C26H27NO3. The van der Waals surface area contributed by atoms with Gasteiger partial charge in [-0.05, 0) is 36.5 Å². The number of carbonyl (C=O) groups is 2. The summed E-state index contributed by atoms with van der Waals surface area (Å²) in [5.41, 5.74) is 2.91. The molecule has 154 valence electrons. The van der Waals surface area contributed by atoms with Gasteiger partial charge in [0.15, 0.2) is 6.61 Å². The Balaban J connectivity index is 1.54. The van der Waals surface area contributed by atoms with Crippen LogP contribution in [0.2, 0.25) is 0 Å². The molecule has 1 amide bonds. The van der Waals surface area contributed by atoms with Crippen LogP contribution < -0.4 is 5.32 Å². The van der Waals surface area contributed by atoms with E-state index in [4.69, 9.17) is 4.74 Å². The Labute approximate surface area is 177 Å². The Kier molecular flexibility index (Phi) is 7.78. The number of benzene rings is 3. The molecule has 30 heavy (non-hydrogen) atoms. The zero-order valence-corrected chi connectivity index (χ0v) is 17.2. The molecule has 3 aromatic rings. The van der Waals surface area contributed by atoms with Crippen molar-refractivity contribution < 1.29 is 14.3 Å². The smallest absolute Gasteiger partial charge is 0.318 e. The molecule has 3 rings (SSSR count). The van der Waals surface area contributed by atoms with E-state index in [2.05, 4.69) is 17.4 Å². The summed E-state index contributed by atoms with van der Waals surface area (Å²) in [4.78, 5) is 25.1. The van der Waals surface area contributed by atoms with Crippen LogP contribution in [-0.2, 0) is 20.7 Å². The third-order valence-electron chi connectivity index (χ3n) is 4.96. The van der Waals surface area contributed by atoms with Crippen LogP contribution in [0.15, 0.2) is 91.0 Å². The van der Waals surface area contributed by atoms with Crippen LogP contribution >= 0.6 is 0 Å². The van der Waals surface area contributed by atoms with Gasteiger partial charge >= 0.3 is 5.97 Å². The van der Waals surface area contributed by atoms with E-state index in [1.807, 2.05) is 85.8 Å². The van der Waals surface area contributed by atoms with E-state index in [1.54, 1.807) is 0 Å². The van der Waals surface area contributed by atoms with Crippen molar-refractivity contribution in [3.63, 3.8) is 0 Å². The zero-order valence-electron chi connectivity index (χ0n) is 17.2. The van der Waals surface area contributed by atoms with Crippen molar-refractivity contribution in [3.8, 4) is 0 Å². The number of hydrogen-bond acceptors (Lipinski definition) is 3. The van der Waals surface area contributed by atoms with E-state index >= 15 is 0 Å². The molecule has 1 N–H and O–H groups in total. The van der Waals surface area contributed by atoms with E-state index in [-0.39, 0.29) is 18.6 Å². The van der Waals surface area contributed by atoms with Gasteiger partial charge in [-0.15, -0.1) is 0 Å². The van der Waals surface area contributed by atoms with Crippen molar-refractivity contribution in [1.82, 2.24) is 5.32 Å². The number of ether oxygens (including phenoxy) is 1. The summed E-state index contributed by atoms with van der Waals surface area (Å²) in [6.07, 6.45) is 1.70. The molecule has 0 aromatic heterocycles. The van der Waals surface area contributed by atoms with Gasteiger partial charge < -0.3 is 10.1 Å². The van der Waals surface area contributed by atoms with Crippen LogP contribution in [0, 0.1) is 0 Å². The molecule has 0 radical (unpaired) electrons. The van der Waals surface area contributed by atoms with Crippen LogP contribution in [0.1, 0.15) is 36.0 Å². The van der Waals surface area contributed by atoms with E-state index in [0.29, 0.717) is 0 Å². The number of aryl methyl sites for hydroxylation is 1. The number of rotatable bonds is 9. The van der Waals surface area contributed by atoms with Gasteiger partial charge in [-0.1, -0.05) is 91.0 Å². The second kappa shape index (κ2) is 11.0. The fraction of sp³-hybridized carbons (Fsp3) is 0.231. The predicted octanol–water partition coefficient (Wildman–Crippen LogP) is 4.50. The maximum atomic E-state index is 12.8. The van der Waals surface area contributed by atoms with Gasteiger partial charge in [0.2, 0.25) is 0 Å². The molecule has 0 fully saturated rings. The van der Waals surface area contributed by atoms with Gasteiger partial charge in [-0.3, -0.25) is 9.59 Å². The molecule has 4 nitrogen and oxygen atoms in total. The Morgan fingerprint density at radius 2 is 1.30 bits per heavy atom. The quantitative estimate of drug-likeness (QED) is 0.537. The Morgan fingerprint density at radius 3 is 1.83 bits per heavy atom. The Hall–Kier alpha value is -3.40. The second-order valence-corrected chi connectivity index (χ2v) is 7.35. The van der Waals surface area contributed by atoms with Gasteiger partial charge in [0, 0.05) is 6.04 Å². The SMILES string of the molecule is C[C@@H](CCc1ccccc1)NC(=O)COC(=O)C(c1ccccc1)c1ccccc1. The fourth-order valence-electron chi connectivity index (χ4n) is 3.39. The molecule has 4 heteroatoms. The summed E-state index contributed by atoms with van der Waals surface area (Å²) in [6, 6.07) is 29.1. The van der Waals surface area contributed by atoms with Crippen LogP contribution in [0.4, 0.5) is 0 Å². The van der Waals surface area contributed by atoms with Crippen molar-refractivity contribution in [2.45, 2.75) is 31.7 Å². The maximum Gasteiger partial charge on any atom is 0.318 e. The number of amides is 1. The zero-order chi connectivity index (χ0) is 21.2. The predicted molar refractivity (Wildman–Crippen MR) is 118 cm³/mol. The van der Waals surface area contributed by atoms with Gasteiger partial charge in [0.05, 0.1) is 0 Å². The first kappa shape index (κ1) is 21.3. The van der Waals surface area contributed by atoms with Crippen molar-refractivity contribution in [2.24, 2.45) is 0 Å². The third kappa shape index (κ3) is 6.31. The van der Waals surface area contributed by atoms with E-state index < -0.39 is 11.9 Å². The average Bonchev–Trinajstić information content (AvgIpc) is 2.79. The molecule has 0 bridgehead atoms. The first-order chi connectivity index (χ1) is 14.6. The summed E-state index contributed by atoms with van der Waals surface area (Å²) in [5.74, 6) is -1.28. The third-order valence-corrected chi connectivity index (χ3v) is 4.96. The number of carbonyl (C=O) groups excluding carboxylic acids is 2. The largest absolute Gasteiger partial charge is 0.455 e. The van der Waals surface area contributed by atoms with Crippen molar-refractivity contribution in [3.05, 3.63) is 108 Å². The molecule has 0 saturated heterocycles. The molecule has 0 aliphatic rings. The highest BCUT2D eigenvalue weighted by atomic mass is 16.5.